The Bertz CT molecular complexity index is 769. The number of carbonyl (C=O) groups is 1. The average Bonchev–Trinajstić information content (AvgIpc) is 3.20. The van der Waals surface area contributed by atoms with Gasteiger partial charge in [-0.2, -0.15) is 0 Å². The summed E-state index contributed by atoms with van der Waals surface area (Å²) in [6.45, 7) is 7.22. The van der Waals surface area contributed by atoms with E-state index < -0.39 is 0 Å². The second-order valence-corrected chi connectivity index (χ2v) is 7.51. The second kappa shape index (κ2) is 9.16. The van der Waals surface area contributed by atoms with Crippen LogP contribution in [0.3, 0.4) is 0 Å². The number of piperazine rings is 1. The van der Waals surface area contributed by atoms with Crippen LogP contribution in [0.15, 0.2) is 30.5 Å². The highest BCUT2D eigenvalue weighted by Crippen LogP contribution is 2.25. The number of aromatic nitrogens is 3. The van der Waals surface area contributed by atoms with Crippen molar-refractivity contribution < 1.29 is 9.90 Å². The molecule has 4 N–H and O–H groups in total. The lowest BCUT2D eigenvalue weighted by molar-refractivity contribution is -0.137. The molecule has 0 aliphatic carbocycles. The van der Waals surface area contributed by atoms with E-state index in [-0.39, 0.29) is 29.7 Å². The predicted octanol–water partition coefficient (Wildman–Crippen LogP) is 1.25. The van der Waals surface area contributed by atoms with Crippen LogP contribution < -0.4 is 11.1 Å². The molecule has 1 aromatic heterocycles. The molecule has 3 rings (SSSR count). The number of phenols is 1. The van der Waals surface area contributed by atoms with Gasteiger partial charge in [-0.25, -0.2) is 4.68 Å². The molecule has 0 bridgehead atoms. The minimum absolute atomic E-state index is 0.0967. The van der Waals surface area contributed by atoms with E-state index >= 15 is 0 Å². The molecule has 2 heterocycles. The maximum Gasteiger partial charge on any atom is 0.247 e. The van der Waals surface area contributed by atoms with Crippen molar-refractivity contribution in [2.75, 3.05) is 26.2 Å². The SMILES string of the molecule is CCC(C)C(C(=O)N1CCNCC1)n1cc([C@@H](N)Cc2ccc(O)cc2)nn1. The molecule has 152 valence electrons. The lowest BCUT2D eigenvalue weighted by atomic mass is 9.97. The largest absolute Gasteiger partial charge is 0.508 e. The molecule has 8 heteroatoms. The van der Waals surface area contributed by atoms with E-state index in [0.717, 1.165) is 25.1 Å². The van der Waals surface area contributed by atoms with E-state index in [1.54, 1.807) is 16.8 Å². The molecule has 8 nitrogen and oxygen atoms in total. The summed E-state index contributed by atoms with van der Waals surface area (Å²) in [5.41, 5.74) is 8.00. The van der Waals surface area contributed by atoms with Gasteiger partial charge in [0.2, 0.25) is 5.91 Å². The molecule has 1 aliphatic rings. The molecule has 1 aromatic carbocycles. The Morgan fingerprint density at radius 1 is 1.29 bits per heavy atom. The van der Waals surface area contributed by atoms with Gasteiger partial charge in [0.05, 0.1) is 17.9 Å². The van der Waals surface area contributed by atoms with Crippen LogP contribution in [-0.4, -0.2) is 57.1 Å². The maximum atomic E-state index is 13.2. The van der Waals surface area contributed by atoms with Crippen molar-refractivity contribution in [1.82, 2.24) is 25.2 Å². The van der Waals surface area contributed by atoms with E-state index in [4.69, 9.17) is 5.73 Å². The number of hydrogen-bond donors (Lipinski definition) is 3. The fourth-order valence-electron chi connectivity index (χ4n) is 3.50. The number of carbonyl (C=O) groups excluding carboxylic acids is 1. The summed E-state index contributed by atoms with van der Waals surface area (Å²) in [5.74, 6) is 0.468. The number of benzene rings is 1. The topological polar surface area (TPSA) is 109 Å². The van der Waals surface area contributed by atoms with Crippen molar-refractivity contribution in [3.8, 4) is 5.75 Å². The van der Waals surface area contributed by atoms with Crippen LogP contribution >= 0.6 is 0 Å². The number of phenolic OH excluding ortho intramolecular Hbond substituents is 1. The molecular weight excluding hydrogens is 356 g/mol. The van der Waals surface area contributed by atoms with Crippen LogP contribution in [0, 0.1) is 5.92 Å². The molecule has 3 atom stereocenters. The molecule has 1 saturated heterocycles. The molecule has 1 amide bonds. The Kier molecular flexibility index (Phi) is 6.64. The van der Waals surface area contributed by atoms with Gasteiger partial charge in [-0.05, 0) is 30.0 Å². The van der Waals surface area contributed by atoms with Crippen molar-refractivity contribution in [3.63, 3.8) is 0 Å². The number of amides is 1. The zero-order valence-electron chi connectivity index (χ0n) is 16.6. The molecule has 0 radical (unpaired) electrons. The number of nitrogens with one attached hydrogen (secondary N) is 1. The van der Waals surface area contributed by atoms with Crippen molar-refractivity contribution >= 4 is 5.91 Å². The quantitative estimate of drug-likeness (QED) is 0.661. The summed E-state index contributed by atoms with van der Waals surface area (Å²) in [5, 5.41) is 21.2. The van der Waals surface area contributed by atoms with E-state index in [2.05, 4.69) is 29.5 Å². The number of rotatable bonds is 7. The molecule has 1 aliphatic heterocycles. The third kappa shape index (κ3) is 4.69. The molecule has 2 unspecified atom stereocenters. The molecule has 0 spiro atoms. The first-order valence-corrected chi connectivity index (χ1v) is 9.94. The number of hydrogen-bond acceptors (Lipinski definition) is 6. The van der Waals surface area contributed by atoms with Crippen LogP contribution in [0.2, 0.25) is 0 Å². The number of nitrogens with two attached hydrogens (primary N) is 1. The highest BCUT2D eigenvalue weighted by Gasteiger charge is 2.32. The van der Waals surface area contributed by atoms with Crippen molar-refractivity contribution in [2.45, 2.75) is 38.8 Å². The fourth-order valence-corrected chi connectivity index (χ4v) is 3.50. The van der Waals surface area contributed by atoms with Crippen LogP contribution in [0.5, 0.6) is 5.75 Å². The van der Waals surface area contributed by atoms with Gasteiger partial charge in [0.15, 0.2) is 0 Å². The third-order valence-corrected chi connectivity index (χ3v) is 5.45. The summed E-state index contributed by atoms with van der Waals surface area (Å²) < 4.78 is 1.69. The Morgan fingerprint density at radius 2 is 1.96 bits per heavy atom. The zero-order valence-corrected chi connectivity index (χ0v) is 16.6. The van der Waals surface area contributed by atoms with E-state index in [1.165, 1.54) is 0 Å². The van der Waals surface area contributed by atoms with E-state index in [1.807, 2.05) is 23.2 Å². The first-order valence-electron chi connectivity index (χ1n) is 9.94. The first kappa shape index (κ1) is 20.3. The van der Waals surface area contributed by atoms with Gasteiger partial charge in [0.1, 0.15) is 11.8 Å². The minimum Gasteiger partial charge on any atom is -0.508 e. The van der Waals surface area contributed by atoms with Crippen LogP contribution in [-0.2, 0) is 11.2 Å². The summed E-state index contributed by atoms with van der Waals surface area (Å²) in [4.78, 5) is 15.1. The predicted molar refractivity (Wildman–Crippen MR) is 107 cm³/mol. The number of aromatic hydroxyl groups is 1. The standard InChI is InChI=1S/C20H30N6O2/c1-3-14(2)19(20(28)25-10-8-22-9-11-25)26-13-18(23-24-26)17(21)12-15-4-6-16(27)7-5-15/h4-7,13-14,17,19,22,27H,3,8-12,21H2,1-2H3/t14?,17-,19?/m0/s1. The summed E-state index contributed by atoms with van der Waals surface area (Å²) >= 11 is 0. The fraction of sp³-hybridized carbons (Fsp3) is 0.550. The summed E-state index contributed by atoms with van der Waals surface area (Å²) in [6.07, 6.45) is 3.26. The van der Waals surface area contributed by atoms with Gasteiger partial charge in [0, 0.05) is 26.2 Å². The summed E-state index contributed by atoms with van der Waals surface area (Å²) in [7, 11) is 0. The Morgan fingerprint density at radius 3 is 2.61 bits per heavy atom. The minimum atomic E-state index is -0.370. The second-order valence-electron chi connectivity index (χ2n) is 7.51. The molecule has 1 fully saturated rings. The van der Waals surface area contributed by atoms with Gasteiger partial charge in [-0.15, -0.1) is 5.10 Å². The third-order valence-electron chi connectivity index (χ3n) is 5.45. The molecule has 0 saturated carbocycles. The number of nitrogens with zero attached hydrogens (tertiary/aromatic N) is 4. The van der Waals surface area contributed by atoms with Crippen molar-refractivity contribution in [3.05, 3.63) is 41.7 Å². The smallest absolute Gasteiger partial charge is 0.247 e. The van der Waals surface area contributed by atoms with Gasteiger partial charge >= 0.3 is 0 Å². The Balaban J connectivity index is 1.75. The van der Waals surface area contributed by atoms with E-state index in [0.29, 0.717) is 25.2 Å². The molecular formula is C20H30N6O2. The van der Waals surface area contributed by atoms with Gasteiger partial charge in [-0.1, -0.05) is 37.6 Å². The Labute approximate surface area is 165 Å². The van der Waals surface area contributed by atoms with Gasteiger partial charge in [-0.3, -0.25) is 4.79 Å². The summed E-state index contributed by atoms with van der Waals surface area (Å²) in [6, 6.07) is 6.27. The lowest BCUT2D eigenvalue weighted by Gasteiger charge is -2.32. The normalized spacial score (nSPS) is 17.9. The van der Waals surface area contributed by atoms with E-state index in [9.17, 15) is 9.90 Å². The average molecular weight is 387 g/mol. The molecule has 28 heavy (non-hydrogen) atoms. The van der Waals surface area contributed by atoms with Crippen LogP contribution in [0.25, 0.3) is 0 Å². The lowest BCUT2D eigenvalue weighted by Crippen LogP contribution is -2.49. The van der Waals surface area contributed by atoms with Crippen molar-refractivity contribution in [2.24, 2.45) is 11.7 Å². The van der Waals surface area contributed by atoms with Crippen molar-refractivity contribution in [1.29, 1.82) is 0 Å². The zero-order chi connectivity index (χ0) is 20.1. The molecule has 2 aromatic rings. The van der Waals surface area contributed by atoms with Crippen LogP contribution in [0.4, 0.5) is 0 Å². The van der Waals surface area contributed by atoms with Crippen LogP contribution in [0.1, 0.15) is 43.6 Å². The monoisotopic (exact) mass is 386 g/mol. The first-order chi connectivity index (χ1) is 13.5. The van der Waals surface area contributed by atoms with Gasteiger partial charge in [0.25, 0.3) is 0 Å². The maximum absolute atomic E-state index is 13.2. The van der Waals surface area contributed by atoms with Gasteiger partial charge < -0.3 is 21.1 Å². The highest BCUT2D eigenvalue weighted by atomic mass is 16.3. The highest BCUT2D eigenvalue weighted by molar-refractivity contribution is 5.80. The Hall–Kier alpha value is -2.45.